The number of carbonyl (C=O) groups excluding carboxylic acids is 1. The van der Waals surface area contributed by atoms with Crippen LogP contribution in [-0.4, -0.2) is 26.7 Å². The molecule has 0 aliphatic heterocycles. The van der Waals surface area contributed by atoms with Crippen LogP contribution in [0.5, 0.6) is 0 Å². The molecule has 0 heterocycles. The Morgan fingerprint density at radius 3 is 2.45 bits per heavy atom. The number of nitrogens with one attached hydrogen (secondary N) is 1. The van der Waals surface area contributed by atoms with Gasteiger partial charge in [-0.25, -0.2) is 4.83 Å². The summed E-state index contributed by atoms with van der Waals surface area (Å²) in [6.07, 6.45) is -0.0513. The fourth-order valence-electron chi connectivity index (χ4n) is 1.37. The summed E-state index contributed by atoms with van der Waals surface area (Å²) in [6, 6.07) is 6.38. The van der Waals surface area contributed by atoms with Gasteiger partial charge in [0.25, 0.3) is 10.0 Å². The van der Waals surface area contributed by atoms with Crippen LogP contribution in [0.2, 0.25) is 0 Å². The molecule has 0 amide bonds. The Morgan fingerprint density at radius 2 is 1.90 bits per heavy atom. The zero-order valence-corrected chi connectivity index (χ0v) is 12.5. The molecule has 0 aliphatic rings. The van der Waals surface area contributed by atoms with E-state index in [4.69, 9.17) is 4.74 Å². The largest absolute Gasteiger partial charge is 0.466 e. The summed E-state index contributed by atoms with van der Waals surface area (Å²) in [4.78, 5) is 13.4. The van der Waals surface area contributed by atoms with E-state index in [9.17, 15) is 13.2 Å². The summed E-state index contributed by atoms with van der Waals surface area (Å²) in [5.74, 6) is -0.441. The van der Waals surface area contributed by atoms with Crippen LogP contribution in [0.4, 0.5) is 0 Å². The fraction of sp³-hybridized carbons (Fsp3) is 0.385. The second-order valence-corrected chi connectivity index (χ2v) is 5.90. The van der Waals surface area contributed by atoms with Gasteiger partial charge in [0.05, 0.1) is 17.9 Å². The first-order valence-electron chi connectivity index (χ1n) is 6.12. The lowest BCUT2D eigenvalue weighted by Crippen LogP contribution is -2.20. The van der Waals surface area contributed by atoms with Gasteiger partial charge < -0.3 is 4.74 Å². The maximum absolute atomic E-state index is 11.9. The standard InChI is InChI=1S/C13H18N2O4S/c1-4-19-13(16)9-11(3)14-15-20(17,18)12-7-5-10(2)6-8-12/h5-8,15H,4,9H2,1-3H3/b14-11+. The molecule has 0 saturated heterocycles. The van der Waals surface area contributed by atoms with E-state index in [1.54, 1.807) is 26.0 Å². The van der Waals surface area contributed by atoms with Crippen LogP contribution < -0.4 is 4.83 Å². The number of sulfonamides is 1. The number of hydrogen-bond acceptors (Lipinski definition) is 5. The van der Waals surface area contributed by atoms with Crippen molar-refractivity contribution >= 4 is 21.7 Å². The third-order valence-corrected chi connectivity index (χ3v) is 3.62. The van der Waals surface area contributed by atoms with Gasteiger partial charge in [0.1, 0.15) is 0 Å². The Balaban J connectivity index is 2.72. The van der Waals surface area contributed by atoms with Crippen LogP contribution >= 0.6 is 0 Å². The van der Waals surface area contributed by atoms with E-state index < -0.39 is 16.0 Å². The van der Waals surface area contributed by atoms with Crippen molar-refractivity contribution in [1.82, 2.24) is 4.83 Å². The number of aryl methyl sites for hydroxylation is 1. The number of hydrogen-bond donors (Lipinski definition) is 1. The second kappa shape index (κ2) is 7.04. The maximum atomic E-state index is 11.9. The molecule has 0 fully saturated rings. The minimum absolute atomic E-state index is 0.0513. The zero-order chi connectivity index (χ0) is 15.2. The van der Waals surface area contributed by atoms with Crippen molar-refractivity contribution in [3.63, 3.8) is 0 Å². The molecule has 1 N–H and O–H groups in total. The summed E-state index contributed by atoms with van der Waals surface area (Å²) < 4.78 is 28.6. The molecule has 0 atom stereocenters. The number of benzene rings is 1. The molecule has 7 heteroatoms. The molecule has 6 nitrogen and oxygen atoms in total. The van der Waals surface area contributed by atoms with Gasteiger partial charge in [-0.05, 0) is 32.9 Å². The predicted molar refractivity (Wildman–Crippen MR) is 75.9 cm³/mol. The third-order valence-electron chi connectivity index (χ3n) is 2.39. The molecule has 0 radical (unpaired) electrons. The van der Waals surface area contributed by atoms with E-state index >= 15 is 0 Å². The lowest BCUT2D eigenvalue weighted by Gasteiger charge is -2.05. The molecule has 1 aromatic rings. The summed E-state index contributed by atoms with van der Waals surface area (Å²) in [7, 11) is -3.71. The van der Waals surface area contributed by atoms with E-state index in [1.807, 2.05) is 6.92 Å². The normalized spacial score (nSPS) is 12.1. The highest BCUT2D eigenvalue weighted by Crippen LogP contribution is 2.09. The third kappa shape index (κ3) is 5.00. The molecule has 110 valence electrons. The number of esters is 1. The van der Waals surface area contributed by atoms with Crippen molar-refractivity contribution in [3.05, 3.63) is 29.8 Å². The lowest BCUT2D eigenvalue weighted by molar-refractivity contribution is -0.141. The number of ether oxygens (including phenoxy) is 1. The van der Waals surface area contributed by atoms with Crippen LogP contribution in [-0.2, 0) is 19.6 Å². The van der Waals surface area contributed by atoms with Crippen molar-refractivity contribution in [1.29, 1.82) is 0 Å². The number of carbonyl (C=O) groups is 1. The Labute approximate surface area is 118 Å². The van der Waals surface area contributed by atoms with E-state index in [1.165, 1.54) is 12.1 Å². The highest BCUT2D eigenvalue weighted by molar-refractivity contribution is 7.89. The van der Waals surface area contributed by atoms with Crippen molar-refractivity contribution in [2.75, 3.05) is 6.61 Å². The molecular weight excluding hydrogens is 280 g/mol. The highest BCUT2D eigenvalue weighted by Gasteiger charge is 2.13. The van der Waals surface area contributed by atoms with Gasteiger partial charge in [-0.15, -0.1) is 0 Å². The monoisotopic (exact) mass is 298 g/mol. The Morgan fingerprint density at radius 1 is 1.30 bits per heavy atom. The van der Waals surface area contributed by atoms with Gasteiger partial charge in [0, 0.05) is 5.71 Å². The van der Waals surface area contributed by atoms with Crippen LogP contribution in [0.15, 0.2) is 34.3 Å². The van der Waals surface area contributed by atoms with Crippen LogP contribution in [0.1, 0.15) is 25.8 Å². The minimum Gasteiger partial charge on any atom is -0.466 e. The van der Waals surface area contributed by atoms with Crippen molar-refractivity contribution < 1.29 is 17.9 Å². The minimum atomic E-state index is -3.71. The van der Waals surface area contributed by atoms with E-state index in [0.29, 0.717) is 5.71 Å². The molecule has 1 aromatic carbocycles. The Kier molecular flexibility index (Phi) is 5.69. The Bertz CT molecular complexity index is 591. The fourth-order valence-corrected chi connectivity index (χ4v) is 2.24. The number of hydrazone groups is 1. The maximum Gasteiger partial charge on any atom is 0.311 e. The van der Waals surface area contributed by atoms with E-state index in [0.717, 1.165) is 5.56 Å². The predicted octanol–water partition coefficient (Wildman–Crippen LogP) is 1.60. The quantitative estimate of drug-likeness (QED) is 0.491. The topological polar surface area (TPSA) is 84.8 Å². The molecule has 0 aromatic heterocycles. The summed E-state index contributed by atoms with van der Waals surface area (Å²) in [5.41, 5.74) is 1.30. The van der Waals surface area contributed by atoms with Gasteiger partial charge in [-0.2, -0.15) is 13.5 Å². The number of nitrogens with zero attached hydrogens (tertiary/aromatic N) is 1. The molecule has 1 rings (SSSR count). The lowest BCUT2D eigenvalue weighted by atomic mass is 10.2. The van der Waals surface area contributed by atoms with Crippen LogP contribution in [0, 0.1) is 6.92 Å². The van der Waals surface area contributed by atoms with Crippen molar-refractivity contribution in [2.24, 2.45) is 5.10 Å². The van der Waals surface area contributed by atoms with Gasteiger partial charge in [-0.3, -0.25) is 4.79 Å². The average molecular weight is 298 g/mol. The first kappa shape index (κ1) is 16.2. The van der Waals surface area contributed by atoms with Gasteiger partial charge in [0.15, 0.2) is 0 Å². The molecule has 0 spiro atoms. The van der Waals surface area contributed by atoms with Gasteiger partial charge in [0.2, 0.25) is 0 Å². The second-order valence-electron chi connectivity index (χ2n) is 4.24. The molecule has 0 saturated carbocycles. The smallest absolute Gasteiger partial charge is 0.311 e. The number of rotatable bonds is 6. The first-order valence-corrected chi connectivity index (χ1v) is 7.60. The zero-order valence-electron chi connectivity index (χ0n) is 11.7. The average Bonchev–Trinajstić information content (AvgIpc) is 2.37. The molecule has 20 heavy (non-hydrogen) atoms. The van der Waals surface area contributed by atoms with Crippen LogP contribution in [0.3, 0.4) is 0 Å². The van der Waals surface area contributed by atoms with E-state index in [2.05, 4.69) is 9.93 Å². The highest BCUT2D eigenvalue weighted by atomic mass is 32.2. The van der Waals surface area contributed by atoms with Crippen LogP contribution in [0.25, 0.3) is 0 Å². The molecule has 0 bridgehead atoms. The molecule has 0 aliphatic carbocycles. The summed E-state index contributed by atoms with van der Waals surface area (Å²) >= 11 is 0. The first-order chi connectivity index (χ1) is 9.35. The SMILES string of the molecule is CCOC(=O)C/C(C)=N/NS(=O)(=O)c1ccc(C)cc1. The van der Waals surface area contributed by atoms with Crippen molar-refractivity contribution in [3.8, 4) is 0 Å². The van der Waals surface area contributed by atoms with Crippen molar-refractivity contribution in [2.45, 2.75) is 32.1 Å². The van der Waals surface area contributed by atoms with Gasteiger partial charge in [-0.1, -0.05) is 17.7 Å². The summed E-state index contributed by atoms with van der Waals surface area (Å²) in [6.45, 7) is 5.39. The summed E-state index contributed by atoms with van der Waals surface area (Å²) in [5, 5.41) is 3.69. The molecule has 0 unspecified atom stereocenters. The molecular formula is C13H18N2O4S. The van der Waals surface area contributed by atoms with E-state index in [-0.39, 0.29) is 17.9 Å². The Hall–Kier alpha value is -1.89. The van der Waals surface area contributed by atoms with Gasteiger partial charge >= 0.3 is 5.97 Å².